The predicted molar refractivity (Wildman–Crippen MR) is 103 cm³/mol. The van der Waals surface area contributed by atoms with E-state index in [-0.39, 0.29) is 17.4 Å². The fraction of sp³-hybridized carbons (Fsp3) is 0.364. The van der Waals surface area contributed by atoms with E-state index >= 15 is 0 Å². The van der Waals surface area contributed by atoms with Crippen molar-refractivity contribution in [1.82, 2.24) is 9.80 Å². The predicted octanol–water partition coefficient (Wildman–Crippen LogP) is 4.18. The van der Waals surface area contributed by atoms with Crippen molar-refractivity contribution in [3.05, 3.63) is 71.3 Å². The summed E-state index contributed by atoms with van der Waals surface area (Å²) in [5.41, 5.74) is 0.267. The molecule has 2 amide bonds. The molecule has 0 aromatic heterocycles. The minimum atomic E-state index is -4.49. The lowest BCUT2D eigenvalue weighted by molar-refractivity contribution is -0.137. The van der Waals surface area contributed by atoms with Crippen molar-refractivity contribution in [2.24, 2.45) is 0 Å². The first kappa shape index (κ1) is 20.9. The van der Waals surface area contributed by atoms with E-state index in [0.717, 1.165) is 17.7 Å². The van der Waals surface area contributed by atoms with Gasteiger partial charge >= 0.3 is 6.18 Å². The summed E-state index contributed by atoms with van der Waals surface area (Å²) in [5.74, 6) is -0.332. The number of benzene rings is 2. The van der Waals surface area contributed by atoms with Crippen molar-refractivity contribution in [3.63, 3.8) is 0 Å². The third kappa shape index (κ3) is 5.16. The van der Waals surface area contributed by atoms with Crippen molar-refractivity contribution < 1.29 is 22.8 Å². The summed E-state index contributed by atoms with van der Waals surface area (Å²) in [5, 5.41) is 0. The first-order chi connectivity index (χ1) is 13.8. The van der Waals surface area contributed by atoms with Crippen molar-refractivity contribution in [2.45, 2.75) is 25.4 Å². The molecule has 2 aromatic rings. The molecule has 2 aromatic carbocycles. The normalized spacial score (nSPS) is 15.9. The zero-order chi connectivity index (χ0) is 21.0. The van der Waals surface area contributed by atoms with Crippen LogP contribution < -0.4 is 0 Å². The zero-order valence-electron chi connectivity index (χ0n) is 16.2. The molecule has 0 radical (unpaired) electrons. The van der Waals surface area contributed by atoms with Crippen LogP contribution in [0.2, 0.25) is 0 Å². The molecule has 154 valence electrons. The van der Waals surface area contributed by atoms with Crippen LogP contribution in [0, 0.1) is 0 Å². The molecular weight excluding hydrogens is 381 g/mol. The fourth-order valence-electron chi connectivity index (χ4n) is 3.46. The number of carbonyl (C=O) groups is 2. The molecule has 0 saturated carbocycles. The number of hydrogen-bond donors (Lipinski definition) is 0. The van der Waals surface area contributed by atoms with E-state index < -0.39 is 17.6 Å². The lowest BCUT2D eigenvalue weighted by atomic mass is 9.97. The van der Waals surface area contributed by atoms with Crippen LogP contribution in [0.25, 0.3) is 0 Å². The molecule has 1 fully saturated rings. The molecular formula is C22H23F3N2O2. The van der Waals surface area contributed by atoms with Gasteiger partial charge in [0.2, 0.25) is 5.91 Å². The number of amides is 2. The van der Waals surface area contributed by atoms with Crippen molar-refractivity contribution in [1.29, 1.82) is 0 Å². The maximum atomic E-state index is 12.9. The smallest absolute Gasteiger partial charge is 0.339 e. The van der Waals surface area contributed by atoms with Gasteiger partial charge in [-0.25, -0.2) is 0 Å². The van der Waals surface area contributed by atoms with Crippen LogP contribution in [0.1, 0.15) is 40.7 Å². The Kier molecular flexibility index (Phi) is 6.25. The number of carbonyl (C=O) groups excluding carboxylic acids is 2. The molecule has 4 nitrogen and oxygen atoms in total. The molecule has 0 bridgehead atoms. The third-order valence-corrected chi connectivity index (χ3v) is 5.21. The summed E-state index contributed by atoms with van der Waals surface area (Å²) in [6, 6.07) is 14.2. The Morgan fingerprint density at radius 3 is 2.17 bits per heavy atom. The highest BCUT2D eigenvalue weighted by molar-refractivity contribution is 5.94. The molecule has 0 unspecified atom stereocenters. The van der Waals surface area contributed by atoms with Gasteiger partial charge in [-0.1, -0.05) is 43.3 Å². The molecule has 0 spiro atoms. The zero-order valence-corrected chi connectivity index (χ0v) is 16.2. The van der Waals surface area contributed by atoms with Crippen molar-refractivity contribution >= 4 is 11.8 Å². The van der Waals surface area contributed by atoms with Gasteiger partial charge in [-0.2, -0.15) is 13.2 Å². The summed E-state index contributed by atoms with van der Waals surface area (Å²) in [6.07, 6.45) is -4.11. The topological polar surface area (TPSA) is 40.6 Å². The van der Waals surface area contributed by atoms with Crippen molar-refractivity contribution in [2.75, 3.05) is 26.2 Å². The van der Waals surface area contributed by atoms with Crippen LogP contribution in [0.3, 0.4) is 0 Å². The van der Waals surface area contributed by atoms with E-state index in [1.807, 2.05) is 37.3 Å². The molecule has 7 heteroatoms. The van der Waals surface area contributed by atoms with Crippen LogP contribution in [0.5, 0.6) is 0 Å². The second-order valence-corrected chi connectivity index (χ2v) is 7.27. The quantitative estimate of drug-likeness (QED) is 0.767. The SMILES string of the molecule is C[C@@H](CC(=O)N1CCN(C(=O)c2cccc(C(F)(F)F)c2)CC1)c1ccccc1. The van der Waals surface area contributed by atoms with Crippen molar-refractivity contribution in [3.8, 4) is 0 Å². The molecule has 1 atom stereocenters. The van der Waals surface area contributed by atoms with E-state index in [2.05, 4.69) is 0 Å². The molecule has 0 aliphatic carbocycles. The van der Waals surface area contributed by atoms with Gasteiger partial charge in [0.1, 0.15) is 0 Å². The highest BCUT2D eigenvalue weighted by Crippen LogP contribution is 2.30. The average molecular weight is 404 g/mol. The molecule has 1 aliphatic rings. The van der Waals surface area contributed by atoms with Gasteiger partial charge in [0, 0.05) is 38.2 Å². The molecule has 1 aliphatic heterocycles. The summed E-state index contributed by atoms with van der Waals surface area (Å²) in [7, 11) is 0. The Morgan fingerprint density at radius 2 is 1.55 bits per heavy atom. The minimum absolute atomic E-state index is 0.0114. The number of piperazine rings is 1. The standard InChI is InChI=1S/C22H23F3N2O2/c1-16(17-6-3-2-4-7-17)14-20(28)26-10-12-27(13-11-26)21(29)18-8-5-9-19(15-18)22(23,24)25/h2-9,15-16H,10-14H2,1H3/t16-/m0/s1. The number of halogens is 3. The Labute approximate surface area is 167 Å². The largest absolute Gasteiger partial charge is 0.416 e. The van der Waals surface area contributed by atoms with E-state index in [0.29, 0.717) is 32.6 Å². The number of rotatable bonds is 4. The summed E-state index contributed by atoms with van der Waals surface area (Å²) in [6.45, 7) is 3.37. The van der Waals surface area contributed by atoms with E-state index in [4.69, 9.17) is 0 Å². The highest BCUT2D eigenvalue weighted by atomic mass is 19.4. The highest BCUT2D eigenvalue weighted by Gasteiger charge is 2.32. The van der Waals surface area contributed by atoms with Gasteiger partial charge in [0.15, 0.2) is 0 Å². The average Bonchev–Trinajstić information content (AvgIpc) is 2.73. The maximum absolute atomic E-state index is 12.9. The van der Waals surface area contributed by atoms with E-state index in [1.54, 1.807) is 4.90 Å². The van der Waals surface area contributed by atoms with Gasteiger partial charge in [0.05, 0.1) is 5.56 Å². The number of alkyl halides is 3. The summed E-state index contributed by atoms with van der Waals surface area (Å²) in [4.78, 5) is 28.4. The lowest BCUT2D eigenvalue weighted by Crippen LogP contribution is -2.50. The maximum Gasteiger partial charge on any atom is 0.416 e. The van der Waals surface area contributed by atoms with Crippen LogP contribution in [0.15, 0.2) is 54.6 Å². The number of hydrogen-bond acceptors (Lipinski definition) is 2. The van der Waals surface area contributed by atoms with Crippen LogP contribution in [-0.4, -0.2) is 47.8 Å². The molecule has 1 heterocycles. The fourth-order valence-corrected chi connectivity index (χ4v) is 3.46. The van der Waals surface area contributed by atoms with Gasteiger partial charge in [-0.15, -0.1) is 0 Å². The number of nitrogens with zero attached hydrogens (tertiary/aromatic N) is 2. The first-order valence-corrected chi connectivity index (χ1v) is 9.55. The van der Waals surface area contributed by atoms with E-state index in [1.165, 1.54) is 17.0 Å². The monoisotopic (exact) mass is 404 g/mol. The Morgan fingerprint density at radius 1 is 0.931 bits per heavy atom. The van der Waals surface area contributed by atoms with Gasteiger partial charge in [0.25, 0.3) is 5.91 Å². The molecule has 0 N–H and O–H groups in total. The van der Waals surface area contributed by atoms with Gasteiger partial charge < -0.3 is 9.80 Å². The van der Waals surface area contributed by atoms with E-state index in [9.17, 15) is 22.8 Å². The van der Waals surface area contributed by atoms with Gasteiger partial charge in [-0.3, -0.25) is 9.59 Å². The summed E-state index contributed by atoms with van der Waals surface area (Å²) >= 11 is 0. The second-order valence-electron chi connectivity index (χ2n) is 7.27. The lowest BCUT2D eigenvalue weighted by Gasteiger charge is -2.35. The Hall–Kier alpha value is -2.83. The molecule has 3 rings (SSSR count). The second kappa shape index (κ2) is 8.68. The van der Waals surface area contributed by atoms with Gasteiger partial charge in [-0.05, 0) is 29.7 Å². The third-order valence-electron chi connectivity index (χ3n) is 5.21. The minimum Gasteiger partial charge on any atom is -0.339 e. The Balaban J connectivity index is 1.56. The summed E-state index contributed by atoms with van der Waals surface area (Å²) < 4.78 is 38.6. The first-order valence-electron chi connectivity index (χ1n) is 9.55. The molecule has 29 heavy (non-hydrogen) atoms. The van der Waals surface area contributed by atoms with Crippen LogP contribution in [-0.2, 0) is 11.0 Å². The molecule has 1 saturated heterocycles. The van der Waals surface area contributed by atoms with Crippen LogP contribution >= 0.6 is 0 Å². The Bertz CT molecular complexity index is 860. The van der Waals surface area contributed by atoms with Crippen LogP contribution in [0.4, 0.5) is 13.2 Å².